The van der Waals surface area contributed by atoms with Gasteiger partial charge in [0.05, 0.1) is 11.6 Å². The van der Waals surface area contributed by atoms with E-state index < -0.39 is 5.76 Å². The molecule has 26 heavy (non-hydrogen) atoms. The number of nitrogens with zero attached hydrogens (tertiary/aromatic N) is 1. The van der Waals surface area contributed by atoms with Crippen LogP contribution >= 0.6 is 0 Å². The van der Waals surface area contributed by atoms with Crippen LogP contribution in [0.1, 0.15) is 18.5 Å². The fourth-order valence-corrected chi connectivity index (χ4v) is 3.30. The van der Waals surface area contributed by atoms with Gasteiger partial charge in [0.15, 0.2) is 5.58 Å². The number of rotatable bonds is 4. The molecule has 0 unspecified atom stereocenters. The quantitative estimate of drug-likeness (QED) is 0.614. The van der Waals surface area contributed by atoms with E-state index in [1.54, 1.807) is 18.2 Å². The van der Waals surface area contributed by atoms with E-state index in [0.29, 0.717) is 11.1 Å². The van der Waals surface area contributed by atoms with Crippen LogP contribution in [0.4, 0.5) is 0 Å². The average molecular weight is 346 g/mol. The molecule has 5 heteroatoms. The van der Waals surface area contributed by atoms with Crippen molar-refractivity contribution in [3.63, 3.8) is 0 Å². The standard InChI is InChI=1S/C21H18N2O3/c1-14(16-10-6-8-15-7-2-3-9-17(15)16)22-20(24)13-23-18-11-4-5-12-19(18)26-21(23)25/h2-12,14H,13H2,1H3,(H,22,24)/t14-/m0/s1. The van der Waals surface area contributed by atoms with Crippen LogP contribution in [0.15, 0.2) is 75.9 Å². The Morgan fingerprint density at radius 2 is 1.77 bits per heavy atom. The van der Waals surface area contributed by atoms with Crippen LogP contribution in [0.2, 0.25) is 0 Å². The Hall–Kier alpha value is -3.34. The first-order valence-electron chi connectivity index (χ1n) is 8.49. The Bertz CT molecular complexity index is 1150. The highest BCUT2D eigenvalue weighted by Crippen LogP contribution is 2.24. The second kappa shape index (κ2) is 6.52. The van der Waals surface area contributed by atoms with Gasteiger partial charge in [-0.15, -0.1) is 0 Å². The molecule has 0 spiro atoms. The Kier molecular flexibility index (Phi) is 4.05. The Balaban J connectivity index is 1.58. The summed E-state index contributed by atoms with van der Waals surface area (Å²) in [6.07, 6.45) is 0. The molecule has 0 radical (unpaired) electrons. The molecule has 0 bridgehead atoms. The molecule has 0 saturated carbocycles. The van der Waals surface area contributed by atoms with Crippen LogP contribution in [0.5, 0.6) is 0 Å². The first-order chi connectivity index (χ1) is 12.6. The number of carbonyl (C=O) groups is 1. The Morgan fingerprint density at radius 3 is 2.65 bits per heavy atom. The lowest BCUT2D eigenvalue weighted by Crippen LogP contribution is -2.32. The van der Waals surface area contributed by atoms with Crippen molar-refractivity contribution in [2.24, 2.45) is 0 Å². The lowest BCUT2D eigenvalue weighted by atomic mass is 10.00. The zero-order chi connectivity index (χ0) is 18.1. The van der Waals surface area contributed by atoms with Crippen molar-refractivity contribution in [3.8, 4) is 0 Å². The van der Waals surface area contributed by atoms with Gasteiger partial charge in [0.2, 0.25) is 5.91 Å². The van der Waals surface area contributed by atoms with E-state index in [1.807, 2.05) is 55.5 Å². The second-order valence-corrected chi connectivity index (χ2v) is 6.28. The highest BCUT2D eigenvalue weighted by atomic mass is 16.4. The van der Waals surface area contributed by atoms with E-state index in [2.05, 4.69) is 5.32 Å². The van der Waals surface area contributed by atoms with Crippen molar-refractivity contribution in [3.05, 3.63) is 82.8 Å². The smallest absolute Gasteiger partial charge is 0.408 e. The number of aromatic nitrogens is 1. The summed E-state index contributed by atoms with van der Waals surface area (Å²) in [6.45, 7) is 1.86. The number of oxazole rings is 1. The van der Waals surface area contributed by atoms with Crippen molar-refractivity contribution in [1.29, 1.82) is 0 Å². The molecule has 1 amide bonds. The highest BCUT2D eigenvalue weighted by molar-refractivity contribution is 5.87. The van der Waals surface area contributed by atoms with E-state index in [1.165, 1.54) is 4.57 Å². The molecule has 0 aliphatic carbocycles. The van der Waals surface area contributed by atoms with E-state index >= 15 is 0 Å². The van der Waals surface area contributed by atoms with Gasteiger partial charge in [-0.1, -0.05) is 54.6 Å². The zero-order valence-electron chi connectivity index (χ0n) is 14.3. The fourth-order valence-electron chi connectivity index (χ4n) is 3.30. The van der Waals surface area contributed by atoms with Gasteiger partial charge in [0.1, 0.15) is 6.54 Å². The molecule has 0 aliphatic heterocycles. The predicted octanol–water partition coefficient (Wildman–Crippen LogP) is 3.63. The predicted molar refractivity (Wildman–Crippen MR) is 101 cm³/mol. The summed E-state index contributed by atoms with van der Waals surface area (Å²) >= 11 is 0. The number of carbonyl (C=O) groups excluding carboxylic acids is 1. The molecule has 1 atom stereocenters. The Morgan fingerprint density at radius 1 is 1.04 bits per heavy atom. The summed E-state index contributed by atoms with van der Waals surface area (Å²) in [5.41, 5.74) is 2.14. The number of hydrogen-bond donors (Lipinski definition) is 1. The molecule has 130 valence electrons. The minimum absolute atomic E-state index is 0.0784. The molecule has 5 nitrogen and oxygen atoms in total. The molecular formula is C21H18N2O3. The van der Waals surface area contributed by atoms with Crippen LogP contribution in [0.3, 0.4) is 0 Å². The lowest BCUT2D eigenvalue weighted by Gasteiger charge is -2.16. The van der Waals surface area contributed by atoms with Crippen LogP contribution in [0.25, 0.3) is 21.9 Å². The molecule has 3 aromatic carbocycles. The first-order valence-corrected chi connectivity index (χ1v) is 8.49. The summed E-state index contributed by atoms with van der Waals surface area (Å²) in [4.78, 5) is 24.5. The van der Waals surface area contributed by atoms with Crippen molar-refractivity contribution < 1.29 is 9.21 Å². The molecule has 4 rings (SSSR count). The third kappa shape index (κ3) is 2.88. The second-order valence-electron chi connectivity index (χ2n) is 6.28. The summed E-state index contributed by atoms with van der Waals surface area (Å²) in [7, 11) is 0. The maximum Gasteiger partial charge on any atom is 0.420 e. The maximum absolute atomic E-state index is 12.5. The summed E-state index contributed by atoms with van der Waals surface area (Å²) in [6, 6.07) is 21.0. The molecule has 1 aromatic heterocycles. The van der Waals surface area contributed by atoms with E-state index in [9.17, 15) is 9.59 Å². The molecule has 1 heterocycles. The van der Waals surface area contributed by atoms with Gasteiger partial charge in [0.25, 0.3) is 0 Å². The topological polar surface area (TPSA) is 64.2 Å². The number of fused-ring (bicyclic) bond motifs is 2. The van der Waals surface area contributed by atoms with Gasteiger partial charge in [-0.2, -0.15) is 0 Å². The number of hydrogen-bond acceptors (Lipinski definition) is 3. The van der Waals surface area contributed by atoms with Crippen molar-refractivity contribution in [2.75, 3.05) is 0 Å². The van der Waals surface area contributed by atoms with E-state index in [-0.39, 0.29) is 18.5 Å². The highest BCUT2D eigenvalue weighted by Gasteiger charge is 2.15. The number of benzene rings is 3. The SMILES string of the molecule is C[C@H](NC(=O)Cn1c(=O)oc2ccccc21)c1cccc2ccccc12. The first kappa shape index (κ1) is 16.1. The van der Waals surface area contributed by atoms with Crippen molar-refractivity contribution >= 4 is 27.8 Å². The average Bonchev–Trinajstić information content (AvgIpc) is 2.96. The summed E-state index contributed by atoms with van der Waals surface area (Å²) in [5, 5.41) is 5.21. The molecule has 4 aromatic rings. The largest absolute Gasteiger partial charge is 0.420 e. The van der Waals surface area contributed by atoms with Crippen molar-refractivity contribution in [2.45, 2.75) is 19.5 Å². The molecular weight excluding hydrogens is 328 g/mol. The summed E-state index contributed by atoms with van der Waals surface area (Å²) < 4.78 is 6.52. The van der Waals surface area contributed by atoms with Gasteiger partial charge >= 0.3 is 5.76 Å². The van der Waals surface area contributed by atoms with Crippen LogP contribution in [-0.2, 0) is 11.3 Å². The van der Waals surface area contributed by atoms with Crippen molar-refractivity contribution in [1.82, 2.24) is 9.88 Å². The summed E-state index contributed by atoms with van der Waals surface area (Å²) in [5.74, 6) is -0.766. The number of para-hydroxylation sites is 2. The monoisotopic (exact) mass is 346 g/mol. The normalized spacial score (nSPS) is 12.3. The maximum atomic E-state index is 12.5. The fraction of sp³-hybridized carbons (Fsp3) is 0.143. The van der Waals surface area contributed by atoms with Gasteiger partial charge in [0, 0.05) is 0 Å². The number of nitrogens with one attached hydrogen (secondary N) is 1. The van der Waals surface area contributed by atoms with Gasteiger partial charge < -0.3 is 9.73 Å². The third-order valence-corrected chi connectivity index (χ3v) is 4.54. The van der Waals surface area contributed by atoms with Crippen LogP contribution in [0, 0.1) is 0 Å². The minimum Gasteiger partial charge on any atom is -0.408 e. The number of amides is 1. The van der Waals surface area contributed by atoms with E-state index in [4.69, 9.17) is 4.42 Å². The zero-order valence-corrected chi connectivity index (χ0v) is 14.3. The van der Waals surface area contributed by atoms with Gasteiger partial charge in [-0.3, -0.25) is 9.36 Å². The third-order valence-electron chi connectivity index (χ3n) is 4.54. The van der Waals surface area contributed by atoms with Crippen LogP contribution < -0.4 is 11.1 Å². The van der Waals surface area contributed by atoms with Crippen LogP contribution in [-0.4, -0.2) is 10.5 Å². The lowest BCUT2D eigenvalue weighted by molar-refractivity contribution is -0.122. The molecule has 0 saturated heterocycles. The molecule has 1 N–H and O–H groups in total. The minimum atomic E-state index is -0.529. The van der Waals surface area contributed by atoms with E-state index in [0.717, 1.165) is 16.3 Å². The molecule has 0 aliphatic rings. The Labute approximate surface area is 149 Å². The molecule has 0 fully saturated rings. The van der Waals surface area contributed by atoms with Gasteiger partial charge in [-0.05, 0) is 35.4 Å². The van der Waals surface area contributed by atoms with Gasteiger partial charge in [-0.25, -0.2) is 4.79 Å².